The first-order valence-electron chi connectivity index (χ1n) is 4.25. The summed E-state index contributed by atoms with van der Waals surface area (Å²) in [6.07, 6.45) is 1.35. The summed E-state index contributed by atoms with van der Waals surface area (Å²) in [4.78, 5) is 11.0. The normalized spacial score (nSPS) is 12.6. The molecule has 0 rings (SSSR count). The Balaban J connectivity index is 3.33. The quantitative estimate of drug-likeness (QED) is 0.475. The number of aliphatic hydroxyl groups is 1. The molecule has 1 amide bonds. The van der Waals surface area contributed by atoms with Gasteiger partial charge in [-0.05, 0) is 26.9 Å². The fourth-order valence-electron chi connectivity index (χ4n) is 0.818. The summed E-state index contributed by atoms with van der Waals surface area (Å²) < 4.78 is 0. The van der Waals surface area contributed by atoms with Gasteiger partial charge in [0.25, 0.3) is 0 Å². The third kappa shape index (κ3) is 6.12. The molecule has 0 fully saturated rings. The van der Waals surface area contributed by atoms with Gasteiger partial charge in [0.1, 0.15) is 0 Å². The SMILES string of the molecule is CNCCCC(=O)NC(C)CO. The van der Waals surface area contributed by atoms with Gasteiger partial charge in [0, 0.05) is 12.5 Å². The van der Waals surface area contributed by atoms with Crippen LogP contribution in [0.3, 0.4) is 0 Å². The maximum absolute atomic E-state index is 11.0. The van der Waals surface area contributed by atoms with Gasteiger partial charge in [0.2, 0.25) is 5.91 Å². The van der Waals surface area contributed by atoms with E-state index in [4.69, 9.17) is 5.11 Å². The molecule has 0 aromatic heterocycles. The van der Waals surface area contributed by atoms with Crippen LogP contribution < -0.4 is 10.6 Å². The van der Waals surface area contributed by atoms with E-state index >= 15 is 0 Å². The highest BCUT2D eigenvalue weighted by Crippen LogP contribution is 1.88. The molecule has 3 N–H and O–H groups in total. The van der Waals surface area contributed by atoms with Crippen LogP contribution in [0.4, 0.5) is 0 Å². The Morgan fingerprint density at radius 3 is 2.75 bits per heavy atom. The average molecular weight is 174 g/mol. The van der Waals surface area contributed by atoms with Gasteiger partial charge in [-0.2, -0.15) is 0 Å². The zero-order valence-electron chi connectivity index (χ0n) is 7.76. The Hall–Kier alpha value is -0.610. The van der Waals surface area contributed by atoms with Crippen molar-refractivity contribution < 1.29 is 9.90 Å². The lowest BCUT2D eigenvalue weighted by atomic mass is 10.2. The Morgan fingerprint density at radius 2 is 2.25 bits per heavy atom. The summed E-state index contributed by atoms with van der Waals surface area (Å²) in [5.74, 6) is 0.00630. The van der Waals surface area contributed by atoms with Crippen LogP contribution in [0, 0.1) is 0 Å². The maximum atomic E-state index is 11.0. The van der Waals surface area contributed by atoms with Crippen molar-refractivity contribution in [3.05, 3.63) is 0 Å². The Kier molecular flexibility index (Phi) is 6.70. The number of carbonyl (C=O) groups is 1. The van der Waals surface area contributed by atoms with E-state index < -0.39 is 0 Å². The van der Waals surface area contributed by atoms with Crippen LogP contribution in [-0.4, -0.2) is 37.3 Å². The highest BCUT2D eigenvalue weighted by Gasteiger charge is 2.04. The lowest BCUT2D eigenvalue weighted by molar-refractivity contribution is -0.122. The van der Waals surface area contributed by atoms with E-state index in [0.717, 1.165) is 13.0 Å². The molecule has 0 heterocycles. The van der Waals surface area contributed by atoms with E-state index in [-0.39, 0.29) is 18.6 Å². The second kappa shape index (κ2) is 7.06. The molecule has 0 aliphatic carbocycles. The Bertz CT molecular complexity index is 128. The zero-order chi connectivity index (χ0) is 9.40. The summed E-state index contributed by atoms with van der Waals surface area (Å²) >= 11 is 0. The minimum atomic E-state index is -0.132. The smallest absolute Gasteiger partial charge is 0.220 e. The summed E-state index contributed by atoms with van der Waals surface area (Å²) in [6, 6.07) is -0.132. The summed E-state index contributed by atoms with van der Waals surface area (Å²) in [5, 5.41) is 14.3. The highest BCUT2D eigenvalue weighted by molar-refractivity contribution is 5.76. The standard InChI is InChI=1S/C8H18N2O2/c1-7(6-11)10-8(12)4-3-5-9-2/h7,9,11H,3-6H2,1-2H3,(H,10,12). The molecule has 0 saturated heterocycles. The van der Waals surface area contributed by atoms with Crippen LogP contribution in [-0.2, 0) is 4.79 Å². The van der Waals surface area contributed by atoms with Gasteiger partial charge in [-0.15, -0.1) is 0 Å². The molecule has 1 atom stereocenters. The summed E-state index contributed by atoms with van der Waals surface area (Å²) in [6.45, 7) is 2.62. The number of rotatable bonds is 6. The number of nitrogens with one attached hydrogen (secondary N) is 2. The summed E-state index contributed by atoms with van der Waals surface area (Å²) in [7, 11) is 1.86. The molecule has 1 unspecified atom stereocenters. The van der Waals surface area contributed by atoms with Crippen molar-refractivity contribution in [3.63, 3.8) is 0 Å². The van der Waals surface area contributed by atoms with Crippen LogP contribution >= 0.6 is 0 Å². The van der Waals surface area contributed by atoms with Crippen LogP contribution in [0.2, 0.25) is 0 Å². The van der Waals surface area contributed by atoms with E-state index in [1.54, 1.807) is 6.92 Å². The van der Waals surface area contributed by atoms with Crippen molar-refractivity contribution in [2.24, 2.45) is 0 Å². The lowest BCUT2D eigenvalue weighted by Crippen LogP contribution is -2.35. The predicted octanol–water partition coefficient (Wildman–Crippen LogP) is -0.517. The highest BCUT2D eigenvalue weighted by atomic mass is 16.3. The van der Waals surface area contributed by atoms with Crippen molar-refractivity contribution in [1.82, 2.24) is 10.6 Å². The monoisotopic (exact) mass is 174 g/mol. The minimum absolute atomic E-state index is 0.00221. The second-order valence-electron chi connectivity index (χ2n) is 2.86. The van der Waals surface area contributed by atoms with Crippen molar-refractivity contribution in [1.29, 1.82) is 0 Å². The Labute approximate surface area is 73.3 Å². The first kappa shape index (κ1) is 11.4. The molecule has 0 spiro atoms. The molecule has 0 saturated carbocycles. The largest absolute Gasteiger partial charge is 0.394 e. The zero-order valence-corrected chi connectivity index (χ0v) is 7.76. The van der Waals surface area contributed by atoms with Gasteiger partial charge >= 0.3 is 0 Å². The topological polar surface area (TPSA) is 61.4 Å². The molecule has 4 nitrogen and oxygen atoms in total. The van der Waals surface area contributed by atoms with Crippen molar-refractivity contribution in [2.45, 2.75) is 25.8 Å². The van der Waals surface area contributed by atoms with Gasteiger partial charge in [0.05, 0.1) is 6.61 Å². The fourth-order valence-corrected chi connectivity index (χ4v) is 0.818. The Morgan fingerprint density at radius 1 is 1.58 bits per heavy atom. The van der Waals surface area contributed by atoms with E-state index in [2.05, 4.69) is 10.6 Å². The minimum Gasteiger partial charge on any atom is -0.394 e. The van der Waals surface area contributed by atoms with E-state index in [9.17, 15) is 4.79 Å². The van der Waals surface area contributed by atoms with E-state index in [0.29, 0.717) is 6.42 Å². The van der Waals surface area contributed by atoms with Crippen molar-refractivity contribution >= 4 is 5.91 Å². The third-order valence-corrected chi connectivity index (χ3v) is 1.51. The van der Waals surface area contributed by atoms with Gasteiger partial charge in [-0.1, -0.05) is 0 Å². The number of carbonyl (C=O) groups excluding carboxylic acids is 1. The maximum Gasteiger partial charge on any atom is 0.220 e. The molecular formula is C8H18N2O2. The van der Waals surface area contributed by atoms with Gasteiger partial charge < -0.3 is 15.7 Å². The first-order chi connectivity index (χ1) is 5.70. The predicted molar refractivity (Wildman–Crippen MR) is 47.9 cm³/mol. The molecule has 4 heteroatoms. The van der Waals surface area contributed by atoms with E-state index in [1.165, 1.54) is 0 Å². The number of aliphatic hydroxyl groups excluding tert-OH is 1. The summed E-state index contributed by atoms with van der Waals surface area (Å²) in [5.41, 5.74) is 0. The van der Waals surface area contributed by atoms with Gasteiger partial charge in [-0.25, -0.2) is 0 Å². The van der Waals surface area contributed by atoms with E-state index in [1.807, 2.05) is 7.05 Å². The molecular weight excluding hydrogens is 156 g/mol. The number of hydrogen-bond acceptors (Lipinski definition) is 3. The van der Waals surface area contributed by atoms with Crippen LogP contribution in [0.15, 0.2) is 0 Å². The number of amides is 1. The second-order valence-corrected chi connectivity index (χ2v) is 2.86. The lowest BCUT2D eigenvalue weighted by Gasteiger charge is -2.09. The van der Waals surface area contributed by atoms with Crippen LogP contribution in [0.25, 0.3) is 0 Å². The molecule has 0 aliphatic rings. The molecule has 0 aromatic rings. The van der Waals surface area contributed by atoms with Crippen LogP contribution in [0.5, 0.6) is 0 Å². The molecule has 0 aliphatic heterocycles. The van der Waals surface area contributed by atoms with Crippen molar-refractivity contribution in [2.75, 3.05) is 20.2 Å². The van der Waals surface area contributed by atoms with Crippen molar-refractivity contribution in [3.8, 4) is 0 Å². The van der Waals surface area contributed by atoms with Gasteiger partial charge in [-0.3, -0.25) is 4.79 Å². The first-order valence-corrected chi connectivity index (χ1v) is 4.25. The third-order valence-electron chi connectivity index (χ3n) is 1.51. The van der Waals surface area contributed by atoms with Gasteiger partial charge in [0.15, 0.2) is 0 Å². The molecule has 12 heavy (non-hydrogen) atoms. The molecule has 72 valence electrons. The number of hydrogen-bond donors (Lipinski definition) is 3. The molecule has 0 bridgehead atoms. The average Bonchev–Trinajstić information content (AvgIpc) is 2.05. The molecule has 0 radical (unpaired) electrons. The molecule has 0 aromatic carbocycles. The van der Waals surface area contributed by atoms with Crippen LogP contribution in [0.1, 0.15) is 19.8 Å². The fraction of sp³-hybridized carbons (Fsp3) is 0.875.